The van der Waals surface area contributed by atoms with Crippen LogP contribution in [0.5, 0.6) is 0 Å². The van der Waals surface area contributed by atoms with Gasteiger partial charge in [-0.2, -0.15) is 0 Å². The van der Waals surface area contributed by atoms with E-state index in [1.807, 2.05) is 20.8 Å². The molecule has 0 fully saturated rings. The lowest BCUT2D eigenvalue weighted by molar-refractivity contribution is -0.120. The van der Waals surface area contributed by atoms with Crippen molar-refractivity contribution in [1.82, 2.24) is 5.32 Å². The van der Waals surface area contributed by atoms with Crippen molar-refractivity contribution in [3.05, 3.63) is 0 Å². The number of sulfone groups is 1. The van der Waals surface area contributed by atoms with Crippen LogP contribution in [0.25, 0.3) is 0 Å². The largest absolute Gasteiger partial charge is 0.352 e. The Bertz CT molecular complexity index is 332. The molecule has 0 rings (SSSR count). The summed E-state index contributed by atoms with van der Waals surface area (Å²) >= 11 is 3.32. The number of alkyl halides is 1. The van der Waals surface area contributed by atoms with Gasteiger partial charge in [0.2, 0.25) is 5.91 Å². The number of halogens is 1. The van der Waals surface area contributed by atoms with Gasteiger partial charge in [0.25, 0.3) is 0 Å². The summed E-state index contributed by atoms with van der Waals surface area (Å²) < 4.78 is 21.9. The molecule has 1 atom stereocenters. The Morgan fingerprint density at radius 1 is 1.38 bits per heavy atom. The molecule has 0 aliphatic heterocycles. The average Bonchev–Trinajstić information content (AvgIpc) is 1.97. The van der Waals surface area contributed by atoms with Crippen molar-refractivity contribution in [3.63, 3.8) is 0 Å². The molecule has 0 saturated heterocycles. The molecule has 0 aromatic rings. The fraction of sp³-hybridized carbons (Fsp3) is 0.900. The molecule has 0 spiro atoms. The highest BCUT2D eigenvalue weighted by Gasteiger charge is 2.26. The molecule has 1 amide bonds. The zero-order chi connectivity index (χ0) is 13.0. The first kappa shape index (κ1) is 15.9. The molecule has 0 aliphatic rings. The first-order valence-corrected chi connectivity index (χ1v) is 8.27. The zero-order valence-corrected chi connectivity index (χ0v) is 12.6. The fourth-order valence-electron chi connectivity index (χ4n) is 1.30. The number of rotatable bonds is 5. The lowest BCUT2D eigenvalue weighted by Crippen LogP contribution is -2.45. The molecule has 6 heteroatoms. The third-order valence-electron chi connectivity index (χ3n) is 2.17. The standard InChI is InChI=1S/C10H20BrNO3S/c1-10(2,3)8(5-6-11)12-9(13)7-16(4,14)15/h8H,5-7H2,1-4H3,(H,12,13). The van der Waals surface area contributed by atoms with Gasteiger partial charge in [-0.05, 0) is 11.8 Å². The second kappa shape index (κ2) is 6.00. The van der Waals surface area contributed by atoms with Crippen LogP contribution in [0.15, 0.2) is 0 Å². The third-order valence-corrected chi connectivity index (χ3v) is 3.42. The molecule has 0 saturated carbocycles. The summed E-state index contributed by atoms with van der Waals surface area (Å²) in [6.45, 7) is 6.04. The Balaban J connectivity index is 4.48. The monoisotopic (exact) mass is 313 g/mol. The van der Waals surface area contributed by atoms with E-state index in [0.29, 0.717) is 0 Å². The van der Waals surface area contributed by atoms with Gasteiger partial charge in [-0.3, -0.25) is 4.79 Å². The predicted molar refractivity (Wildman–Crippen MR) is 69.5 cm³/mol. The highest BCUT2D eigenvalue weighted by atomic mass is 79.9. The average molecular weight is 314 g/mol. The van der Waals surface area contributed by atoms with Crippen molar-refractivity contribution in [3.8, 4) is 0 Å². The molecule has 4 nitrogen and oxygen atoms in total. The summed E-state index contributed by atoms with van der Waals surface area (Å²) in [5.41, 5.74) is -0.0824. The van der Waals surface area contributed by atoms with Crippen molar-refractivity contribution in [2.24, 2.45) is 5.41 Å². The van der Waals surface area contributed by atoms with Gasteiger partial charge < -0.3 is 5.32 Å². The topological polar surface area (TPSA) is 63.2 Å². The minimum atomic E-state index is -3.25. The zero-order valence-electron chi connectivity index (χ0n) is 10.2. The number of nitrogens with one attached hydrogen (secondary N) is 1. The lowest BCUT2D eigenvalue weighted by Gasteiger charge is -2.31. The van der Waals surface area contributed by atoms with E-state index in [2.05, 4.69) is 21.2 Å². The van der Waals surface area contributed by atoms with E-state index in [-0.39, 0.29) is 11.5 Å². The predicted octanol–water partition coefficient (Wildman–Crippen LogP) is 1.35. The maximum atomic E-state index is 11.5. The minimum Gasteiger partial charge on any atom is -0.352 e. The first-order chi connectivity index (χ1) is 7.06. The van der Waals surface area contributed by atoms with Gasteiger partial charge in [0.1, 0.15) is 5.75 Å². The smallest absolute Gasteiger partial charge is 0.235 e. The molecule has 1 N–H and O–H groups in total. The number of hydrogen-bond donors (Lipinski definition) is 1. The van der Waals surface area contributed by atoms with Crippen molar-refractivity contribution < 1.29 is 13.2 Å². The maximum absolute atomic E-state index is 11.5. The summed E-state index contributed by atoms with van der Waals surface area (Å²) in [5.74, 6) is -0.870. The Morgan fingerprint density at radius 2 is 1.88 bits per heavy atom. The number of hydrogen-bond acceptors (Lipinski definition) is 3. The van der Waals surface area contributed by atoms with Gasteiger partial charge >= 0.3 is 0 Å². The van der Waals surface area contributed by atoms with Crippen molar-refractivity contribution in [2.75, 3.05) is 17.3 Å². The Morgan fingerprint density at radius 3 is 2.19 bits per heavy atom. The van der Waals surface area contributed by atoms with Crippen LogP contribution in [0.3, 0.4) is 0 Å². The van der Waals surface area contributed by atoms with Gasteiger partial charge in [-0.25, -0.2) is 8.42 Å². The molecule has 0 heterocycles. The van der Waals surface area contributed by atoms with Crippen LogP contribution in [0.4, 0.5) is 0 Å². The molecular formula is C10H20BrNO3S. The van der Waals surface area contributed by atoms with E-state index >= 15 is 0 Å². The van der Waals surface area contributed by atoms with Crippen LogP contribution in [-0.4, -0.2) is 37.7 Å². The molecule has 0 aromatic heterocycles. The van der Waals surface area contributed by atoms with Crippen LogP contribution in [-0.2, 0) is 14.6 Å². The Kier molecular flexibility index (Phi) is 5.96. The minimum absolute atomic E-state index is 0.0267. The summed E-state index contributed by atoms with van der Waals surface area (Å²) in [7, 11) is -3.25. The maximum Gasteiger partial charge on any atom is 0.235 e. The van der Waals surface area contributed by atoms with Crippen LogP contribution in [0, 0.1) is 5.41 Å². The van der Waals surface area contributed by atoms with E-state index in [0.717, 1.165) is 18.0 Å². The lowest BCUT2D eigenvalue weighted by atomic mass is 9.85. The van der Waals surface area contributed by atoms with Crippen molar-refractivity contribution in [2.45, 2.75) is 33.2 Å². The van der Waals surface area contributed by atoms with Gasteiger partial charge in [-0.15, -0.1) is 0 Å². The second-order valence-corrected chi connectivity index (χ2v) is 7.97. The Hall–Kier alpha value is -0.100. The molecular weight excluding hydrogens is 294 g/mol. The summed E-state index contributed by atoms with van der Waals surface area (Å²) in [6, 6.07) is -0.0267. The molecule has 0 bridgehead atoms. The van der Waals surface area contributed by atoms with Gasteiger partial charge in [0.05, 0.1) is 0 Å². The second-order valence-electron chi connectivity index (χ2n) is 5.03. The molecule has 16 heavy (non-hydrogen) atoms. The van der Waals surface area contributed by atoms with Crippen LogP contribution < -0.4 is 5.32 Å². The van der Waals surface area contributed by atoms with Gasteiger partial charge in [0.15, 0.2) is 9.84 Å². The van der Waals surface area contributed by atoms with Crippen LogP contribution >= 0.6 is 15.9 Å². The van der Waals surface area contributed by atoms with E-state index in [1.165, 1.54) is 0 Å². The normalized spacial score (nSPS) is 14.6. The van der Waals surface area contributed by atoms with Crippen molar-refractivity contribution in [1.29, 1.82) is 0 Å². The summed E-state index contributed by atoms with van der Waals surface area (Å²) in [4.78, 5) is 11.5. The van der Waals surface area contributed by atoms with E-state index < -0.39 is 21.5 Å². The SMILES string of the molecule is CC(C)(C)C(CCBr)NC(=O)CS(C)(=O)=O. The fourth-order valence-corrected chi connectivity index (χ4v) is 2.32. The van der Waals surface area contributed by atoms with E-state index in [4.69, 9.17) is 0 Å². The number of carbonyl (C=O) groups excluding carboxylic acids is 1. The third kappa shape index (κ3) is 7.22. The highest BCUT2D eigenvalue weighted by Crippen LogP contribution is 2.22. The Labute approximate surface area is 106 Å². The van der Waals surface area contributed by atoms with Gasteiger partial charge in [0, 0.05) is 17.6 Å². The molecule has 96 valence electrons. The van der Waals surface area contributed by atoms with E-state index in [1.54, 1.807) is 0 Å². The number of carbonyl (C=O) groups is 1. The highest BCUT2D eigenvalue weighted by molar-refractivity contribution is 9.09. The quantitative estimate of drug-likeness (QED) is 0.779. The van der Waals surface area contributed by atoms with Crippen LogP contribution in [0.2, 0.25) is 0 Å². The van der Waals surface area contributed by atoms with Gasteiger partial charge in [-0.1, -0.05) is 36.7 Å². The first-order valence-electron chi connectivity index (χ1n) is 5.09. The van der Waals surface area contributed by atoms with Crippen LogP contribution in [0.1, 0.15) is 27.2 Å². The number of amides is 1. The summed E-state index contributed by atoms with van der Waals surface area (Å²) in [6.07, 6.45) is 1.84. The molecule has 0 radical (unpaired) electrons. The summed E-state index contributed by atoms with van der Waals surface area (Å²) in [5, 5.41) is 3.54. The van der Waals surface area contributed by atoms with Crippen molar-refractivity contribution >= 4 is 31.7 Å². The molecule has 1 unspecified atom stereocenters. The molecule has 0 aliphatic carbocycles. The molecule has 0 aromatic carbocycles. The van der Waals surface area contributed by atoms with E-state index in [9.17, 15) is 13.2 Å².